The minimum Gasteiger partial charge on any atom is -0.222 e. The SMILES string of the molecule is C=C1CC(=C)c2cccc3cccc1c23.N=C=O.N=C=O. The molecule has 0 atom stereocenters. The third-order valence-corrected chi connectivity index (χ3v) is 3.09. The van der Waals surface area contributed by atoms with Crippen molar-refractivity contribution in [2.45, 2.75) is 6.42 Å². The maximum absolute atomic E-state index is 8.35. The van der Waals surface area contributed by atoms with E-state index in [1.807, 2.05) is 0 Å². The van der Waals surface area contributed by atoms with E-state index in [9.17, 15) is 0 Å². The van der Waals surface area contributed by atoms with Crippen LogP contribution < -0.4 is 0 Å². The van der Waals surface area contributed by atoms with E-state index in [-0.39, 0.29) is 0 Å². The number of nitrogens with one attached hydrogen (secondary N) is 2. The minimum atomic E-state index is 0.750. The second kappa shape index (κ2) is 7.51. The molecule has 0 radical (unpaired) electrons. The van der Waals surface area contributed by atoms with Gasteiger partial charge in [-0.3, -0.25) is 0 Å². The summed E-state index contributed by atoms with van der Waals surface area (Å²) >= 11 is 0. The molecule has 0 heterocycles. The van der Waals surface area contributed by atoms with Gasteiger partial charge in [-0.25, -0.2) is 20.4 Å². The first-order valence-corrected chi connectivity index (χ1v) is 6.06. The van der Waals surface area contributed by atoms with Crippen molar-refractivity contribution in [2.75, 3.05) is 0 Å². The molecule has 4 heteroatoms. The molecule has 0 amide bonds. The Bertz CT molecular complexity index is 703. The molecule has 0 saturated heterocycles. The van der Waals surface area contributed by atoms with E-state index in [2.05, 4.69) is 49.6 Å². The predicted octanol–water partition coefficient (Wildman–Crippen LogP) is 4.07. The second-order valence-corrected chi connectivity index (χ2v) is 4.30. The lowest BCUT2D eigenvalue weighted by atomic mass is 9.83. The minimum absolute atomic E-state index is 0.750. The molecule has 1 aliphatic rings. The van der Waals surface area contributed by atoms with E-state index < -0.39 is 0 Å². The third kappa shape index (κ3) is 3.48. The number of hydrogen-bond acceptors (Lipinski definition) is 4. The Balaban J connectivity index is 0.000000321. The highest BCUT2D eigenvalue weighted by Gasteiger charge is 2.16. The summed E-state index contributed by atoms with van der Waals surface area (Å²) in [5.74, 6) is 0. The summed E-state index contributed by atoms with van der Waals surface area (Å²) in [5, 5.41) is 13.4. The molecular formula is C17H14N2O2. The van der Waals surface area contributed by atoms with E-state index in [0.29, 0.717) is 0 Å². The molecule has 1 aliphatic carbocycles. The summed E-state index contributed by atoms with van der Waals surface area (Å²) < 4.78 is 0. The van der Waals surface area contributed by atoms with Crippen molar-refractivity contribution < 1.29 is 9.59 Å². The standard InChI is InChI=1S/C15H12.2CHNO/c1-10-9-11(2)14-8-4-6-12-5-3-7-13(10)15(12)14;2*2-1-3/h3-8H,1-2,9H2;2*2H. The average molecular weight is 278 g/mol. The topological polar surface area (TPSA) is 81.8 Å². The van der Waals surface area contributed by atoms with Gasteiger partial charge in [0.15, 0.2) is 0 Å². The normalized spacial score (nSPS) is 11.2. The van der Waals surface area contributed by atoms with E-state index in [0.717, 1.165) is 18.6 Å². The number of hydrogen-bond donors (Lipinski definition) is 2. The summed E-state index contributed by atoms with van der Waals surface area (Å²) in [7, 11) is 0. The molecule has 3 rings (SSSR count). The maximum atomic E-state index is 8.35. The Morgan fingerprint density at radius 1 is 0.857 bits per heavy atom. The van der Waals surface area contributed by atoms with Crippen molar-refractivity contribution in [3.63, 3.8) is 0 Å². The molecule has 0 spiro atoms. The highest BCUT2D eigenvalue weighted by atomic mass is 16.1. The Morgan fingerprint density at radius 2 is 1.24 bits per heavy atom. The average Bonchev–Trinajstić information content (AvgIpc) is 2.46. The number of allylic oxidation sites excluding steroid dienone is 2. The molecule has 0 saturated carbocycles. The fourth-order valence-electron chi connectivity index (χ4n) is 2.38. The molecule has 2 aromatic rings. The van der Waals surface area contributed by atoms with Crippen molar-refractivity contribution in [1.82, 2.24) is 0 Å². The van der Waals surface area contributed by atoms with E-state index in [4.69, 9.17) is 20.4 Å². The van der Waals surface area contributed by atoms with Crippen LogP contribution in [0.5, 0.6) is 0 Å². The number of carbonyl (C=O) groups excluding carboxylic acids is 2. The zero-order valence-electron chi connectivity index (χ0n) is 11.4. The van der Waals surface area contributed by atoms with Crippen molar-refractivity contribution in [3.05, 3.63) is 60.7 Å². The predicted molar refractivity (Wildman–Crippen MR) is 83.5 cm³/mol. The molecule has 2 aromatic carbocycles. The van der Waals surface area contributed by atoms with Crippen LogP contribution in [-0.4, -0.2) is 12.2 Å². The van der Waals surface area contributed by atoms with Gasteiger partial charge in [0.25, 0.3) is 0 Å². The molecule has 21 heavy (non-hydrogen) atoms. The van der Waals surface area contributed by atoms with Crippen LogP contribution in [0.15, 0.2) is 49.6 Å². The van der Waals surface area contributed by atoms with E-state index in [1.165, 1.54) is 33.0 Å². The van der Waals surface area contributed by atoms with Crippen molar-refractivity contribution >= 4 is 34.1 Å². The lowest BCUT2D eigenvalue weighted by molar-refractivity contribution is 0.562. The second-order valence-electron chi connectivity index (χ2n) is 4.30. The van der Waals surface area contributed by atoms with E-state index in [1.54, 1.807) is 0 Å². The van der Waals surface area contributed by atoms with Crippen LogP contribution in [0.4, 0.5) is 0 Å². The van der Waals surface area contributed by atoms with Crippen LogP contribution in [0.25, 0.3) is 21.9 Å². The zero-order valence-corrected chi connectivity index (χ0v) is 11.4. The largest absolute Gasteiger partial charge is 0.231 e. The Hall–Kier alpha value is -3.06. The Kier molecular flexibility index (Phi) is 5.72. The number of rotatable bonds is 0. The summed E-state index contributed by atoms with van der Waals surface area (Å²) in [5.41, 5.74) is 4.94. The van der Waals surface area contributed by atoms with Gasteiger partial charge in [0, 0.05) is 0 Å². The van der Waals surface area contributed by atoms with Crippen molar-refractivity contribution in [3.8, 4) is 0 Å². The van der Waals surface area contributed by atoms with Gasteiger partial charge in [0.1, 0.15) is 0 Å². The number of benzene rings is 2. The smallest absolute Gasteiger partial charge is 0.222 e. The Morgan fingerprint density at radius 3 is 1.62 bits per heavy atom. The summed E-state index contributed by atoms with van der Waals surface area (Å²) in [6.07, 6.45) is 2.40. The quantitative estimate of drug-likeness (QED) is 0.562. The molecule has 104 valence electrons. The maximum Gasteiger partial charge on any atom is 0.231 e. The fraction of sp³-hybridized carbons (Fsp3) is 0.0588. The molecular weight excluding hydrogens is 264 g/mol. The van der Waals surface area contributed by atoms with E-state index >= 15 is 0 Å². The van der Waals surface area contributed by atoms with Gasteiger partial charge in [0.05, 0.1) is 0 Å². The number of isocyanates is 2. The van der Waals surface area contributed by atoms with Gasteiger partial charge < -0.3 is 0 Å². The van der Waals surface area contributed by atoms with Crippen LogP contribution in [0.2, 0.25) is 0 Å². The molecule has 2 N–H and O–H groups in total. The molecule has 0 aromatic heterocycles. The first-order valence-electron chi connectivity index (χ1n) is 6.06. The molecule has 0 fully saturated rings. The summed E-state index contributed by atoms with van der Waals surface area (Å²) in [4.78, 5) is 16.7. The highest BCUT2D eigenvalue weighted by molar-refractivity contribution is 6.06. The van der Waals surface area contributed by atoms with Crippen LogP contribution >= 0.6 is 0 Å². The van der Waals surface area contributed by atoms with Crippen molar-refractivity contribution in [2.24, 2.45) is 0 Å². The molecule has 0 bridgehead atoms. The highest BCUT2D eigenvalue weighted by Crippen LogP contribution is 2.39. The van der Waals surface area contributed by atoms with Gasteiger partial charge in [-0.15, -0.1) is 0 Å². The first kappa shape index (κ1) is 16.0. The van der Waals surface area contributed by atoms with Crippen LogP contribution in [0.3, 0.4) is 0 Å². The lowest BCUT2D eigenvalue weighted by Crippen LogP contribution is -1.98. The molecule has 4 nitrogen and oxygen atoms in total. The summed E-state index contributed by atoms with van der Waals surface area (Å²) in [6.45, 7) is 8.26. The van der Waals surface area contributed by atoms with Crippen LogP contribution in [-0.2, 0) is 9.59 Å². The monoisotopic (exact) mass is 278 g/mol. The van der Waals surface area contributed by atoms with Crippen LogP contribution in [0, 0.1) is 10.8 Å². The van der Waals surface area contributed by atoms with Gasteiger partial charge in [-0.1, -0.05) is 49.6 Å². The lowest BCUT2D eigenvalue weighted by Gasteiger charge is -2.21. The zero-order chi connectivity index (χ0) is 15.8. The fourth-order valence-corrected chi connectivity index (χ4v) is 2.38. The molecule has 0 unspecified atom stereocenters. The summed E-state index contributed by atoms with van der Waals surface area (Å²) in [6, 6.07) is 12.8. The third-order valence-electron chi connectivity index (χ3n) is 3.09. The van der Waals surface area contributed by atoms with Gasteiger partial charge in [-0.05, 0) is 39.5 Å². The van der Waals surface area contributed by atoms with Crippen molar-refractivity contribution in [1.29, 1.82) is 10.8 Å². The Labute approximate surface area is 122 Å². The van der Waals surface area contributed by atoms with Crippen LogP contribution in [0.1, 0.15) is 17.5 Å². The van der Waals surface area contributed by atoms with Gasteiger partial charge >= 0.3 is 0 Å². The van der Waals surface area contributed by atoms with Gasteiger partial charge in [0.2, 0.25) is 12.2 Å². The first-order chi connectivity index (χ1) is 10.1. The van der Waals surface area contributed by atoms with Gasteiger partial charge in [-0.2, -0.15) is 0 Å². The molecule has 0 aliphatic heterocycles.